The zero-order valence-corrected chi connectivity index (χ0v) is 11.0. The summed E-state index contributed by atoms with van der Waals surface area (Å²) in [4.78, 5) is 4.50. The first kappa shape index (κ1) is 12.6. The van der Waals surface area contributed by atoms with Gasteiger partial charge in [-0.2, -0.15) is 9.61 Å². The van der Waals surface area contributed by atoms with Crippen molar-refractivity contribution >= 4 is 11.5 Å². The Morgan fingerprint density at radius 3 is 2.65 bits per heavy atom. The molecule has 0 aliphatic heterocycles. The Morgan fingerprint density at radius 2 is 2.00 bits per heavy atom. The van der Waals surface area contributed by atoms with E-state index in [9.17, 15) is 4.39 Å². The maximum atomic E-state index is 13.0. The van der Waals surface area contributed by atoms with E-state index in [1.165, 1.54) is 12.1 Å². The van der Waals surface area contributed by atoms with Crippen LogP contribution in [0.3, 0.4) is 0 Å². The van der Waals surface area contributed by atoms with Crippen molar-refractivity contribution in [2.24, 2.45) is 5.84 Å². The van der Waals surface area contributed by atoms with Gasteiger partial charge in [0.15, 0.2) is 5.65 Å². The fourth-order valence-electron chi connectivity index (χ4n) is 2.07. The summed E-state index contributed by atoms with van der Waals surface area (Å²) in [7, 11) is 0. The van der Waals surface area contributed by atoms with Crippen molar-refractivity contribution in [3.63, 3.8) is 0 Å². The summed E-state index contributed by atoms with van der Waals surface area (Å²) in [5, 5.41) is 4.45. The topological polar surface area (TPSA) is 68.2 Å². The summed E-state index contributed by atoms with van der Waals surface area (Å²) >= 11 is 0. The van der Waals surface area contributed by atoms with Crippen LogP contribution in [0.5, 0.6) is 0 Å². The molecule has 0 aliphatic rings. The summed E-state index contributed by atoms with van der Waals surface area (Å²) in [5.41, 5.74) is 5.81. The van der Waals surface area contributed by atoms with Crippen LogP contribution < -0.4 is 11.3 Å². The number of nitrogens with two attached hydrogens (primary N) is 1. The van der Waals surface area contributed by atoms with Gasteiger partial charge < -0.3 is 5.43 Å². The lowest BCUT2D eigenvalue weighted by Crippen LogP contribution is -2.12. The number of nitrogen functional groups attached to an aromatic ring is 1. The molecule has 0 spiro atoms. The van der Waals surface area contributed by atoms with E-state index < -0.39 is 0 Å². The van der Waals surface area contributed by atoms with E-state index in [2.05, 4.69) is 15.5 Å². The fourth-order valence-corrected chi connectivity index (χ4v) is 2.07. The van der Waals surface area contributed by atoms with Gasteiger partial charge in [-0.15, -0.1) is 0 Å². The van der Waals surface area contributed by atoms with Crippen LogP contribution in [0.2, 0.25) is 0 Å². The molecule has 0 saturated carbocycles. The second kappa shape index (κ2) is 4.90. The molecule has 0 bridgehead atoms. The highest BCUT2D eigenvalue weighted by atomic mass is 19.1. The van der Waals surface area contributed by atoms with E-state index in [4.69, 9.17) is 5.84 Å². The largest absolute Gasteiger partial charge is 0.308 e. The third-order valence-corrected chi connectivity index (χ3v) is 3.13. The number of rotatable bonds is 3. The van der Waals surface area contributed by atoms with Crippen molar-refractivity contribution in [1.29, 1.82) is 0 Å². The molecule has 0 aliphatic carbocycles. The smallest absolute Gasteiger partial charge is 0.158 e. The van der Waals surface area contributed by atoms with Crippen LogP contribution in [0, 0.1) is 5.82 Å². The number of fused-ring (bicyclic) bond motifs is 1. The molecule has 2 heterocycles. The Labute approximate surface area is 115 Å². The Balaban J connectivity index is 2.16. The van der Waals surface area contributed by atoms with Crippen LogP contribution in [0.25, 0.3) is 16.9 Å². The van der Waals surface area contributed by atoms with Gasteiger partial charge >= 0.3 is 0 Å². The maximum absolute atomic E-state index is 13.0. The van der Waals surface area contributed by atoms with Gasteiger partial charge in [0.1, 0.15) is 11.6 Å². The Morgan fingerprint density at radius 1 is 1.25 bits per heavy atom. The number of hydrogen-bond acceptors (Lipinski definition) is 4. The maximum Gasteiger partial charge on any atom is 0.158 e. The molecule has 3 rings (SSSR count). The summed E-state index contributed by atoms with van der Waals surface area (Å²) in [6, 6.07) is 9.90. The van der Waals surface area contributed by atoms with Crippen LogP contribution in [0.15, 0.2) is 36.4 Å². The highest BCUT2D eigenvalue weighted by Crippen LogP contribution is 2.22. The molecular weight excluding hydrogens is 257 g/mol. The van der Waals surface area contributed by atoms with Crippen LogP contribution in [-0.2, 0) is 6.42 Å². The van der Waals surface area contributed by atoms with Gasteiger partial charge in [0.05, 0.1) is 5.69 Å². The number of anilines is 1. The molecule has 0 radical (unpaired) electrons. The molecule has 0 amide bonds. The first-order valence-corrected chi connectivity index (χ1v) is 6.33. The van der Waals surface area contributed by atoms with Gasteiger partial charge in [-0.1, -0.05) is 6.92 Å². The van der Waals surface area contributed by atoms with Gasteiger partial charge in [0, 0.05) is 23.4 Å². The predicted molar refractivity (Wildman–Crippen MR) is 75.6 cm³/mol. The Bertz CT molecular complexity index is 748. The first-order valence-electron chi connectivity index (χ1n) is 6.33. The number of hydrogen-bond donors (Lipinski definition) is 2. The van der Waals surface area contributed by atoms with Crippen LogP contribution >= 0.6 is 0 Å². The van der Waals surface area contributed by atoms with Crippen LogP contribution in [0.4, 0.5) is 10.2 Å². The van der Waals surface area contributed by atoms with Gasteiger partial charge in [-0.25, -0.2) is 15.2 Å². The molecule has 1 aromatic carbocycles. The first-order chi connectivity index (χ1) is 9.71. The van der Waals surface area contributed by atoms with Crippen molar-refractivity contribution in [2.75, 3.05) is 5.43 Å². The number of nitrogens with zero attached hydrogens (tertiary/aromatic N) is 3. The van der Waals surface area contributed by atoms with Crippen LogP contribution in [0.1, 0.15) is 12.6 Å². The molecule has 3 N–H and O–H groups in total. The summed E-state index contributed by atoms with van der Waals surface area (Å²) in [5.74, 6) is 5.92. The number of hydrazine groups is 1. The number of aromatic nitrogens is 3. The number of benzene rings is 1. The quantitative estimate of drug-likeness (QED) is 0.567. The van der Waals surface area contributed by atoms with E-state index in [1.807, 2.05) is 19.1 Å². The molecule has 0 unspecified atom stereocenters. The van der Waals surface area contributed by atoms with E-state index in [1.54, 1.807) is 16.6 Å². The van der Waals surface area contributed by atoms with Gasteiger partial charge in [0.25, 0.3) is 0 Å². The molecule has 5 nitrogen and oxygen atoms in total. The van der Waals surface area contributed by atoms with Crippen molar-refractivity contribution in [1.82, 2.24) is 14.6 Å². The third kappa shape index (κ3) is 2.10. The van der Waals surface area contributed by atoms with E-state index >= 15 is 0 Å². The average molecular weight is 271 g/mol. The third-order valence-electron chi connectivity index (χ3n) is 3.13. The fraction of sp³-hybridized carbons (Fsp3) is 0.143. The molecule has 20 heavy (non-hydrogen) atoms. The normalized spacial score (nSPS) is 10.9. The molecular formula is C14H14FN5. The lowest BCUT2D eigenvalue weighted by atomic mass is 10.1. The van der Waals surface area contributed by atoms with Crippen molar-refractivity contribution in [3.05, 3.63) is 47.9 Å². The molecule has 0 atom stereocenters. The molecule has 6 heteroatoms. The highest BCUT2D eigenvalue weighted by Gasteiger charge is 2.10. The van der Waals surface area contributed by atoms with E-state index in [0.29, 0.717) is 11.5 Å². The van der Waals surface area contributed by atoms with Gasteiger partial charge in [0.2, 0.25) is 0 Å². The standard InChI is InChI=1S/C14H14FN5/c1-2-11-7-14(18-16)20-13(17-11)8-12(19-20)9-3-5-10(15)6-4-9/h3-8,18H,2,16H2,1H3. The zero-order valence-electron chi connectivity index (χ0n) is 11.0. The van der Waals surface area contributed by atoms with E-state index in [0.717, 1.165) is 23.4 Å². The predicted octanol–water partition coefficient (Wildman–Crippen LogP) is 2.38. The number of nitrogens with one attached hydrogen (secondary N) is 1. The Kier molecular flexibility index (Phi) is 3.08. The minimum atomic E-state index is -0.270. The SMILES string of the molecule is CCc1cc(NN)n2nc(-c3ccc(F)cc3)cc2n1. The second-order valence-corrected chi connectivity index (χ2v) is 4.44. The average Bonchev–Trinajstić information content (AvgIpc) is 2.90. The summed E-state index contributed by atoms with van der Waals surface area (Å²) < 4.78 is 14.6. The van der Waals surface area contributed by atoms with Gasteiger partial charge in [-0.3, -0.25) is 0 Å². The van der Waals surface area contributed by atoms with Crippen molar-refractivity contribution < 1.29 is 4.39 Å². The molecule has 3 aromatic rings. The van der Waals surface area contributed by atoms with Crippen molar-refractivity contribution in [3.8, 4) is 11.3 Å². The molecule has 2 aromatic heterocycles. The lowest BCUT2D eigenvalue weighted by molar-refractivity contribution is 0.628. The highest BCUT2D eigenvalue weighted by molar-refractivity contribution is 5.65. The van der Waals surface area contributed by atoms with Crippen molar-refractivity contribution in [2.45, 2.75) is 13.3 Å². The molecule has 0 fully saturated rings. The van der Waals surface area contributed by atoms with E-state index in [-0.39, 0.29) is 5.82 Å². The molecule has 0 saturated heterocycles. The monoisotopic (exact) mass is 271 g/mol. The minimum absolute atomic E-state index is 0.270. The zero-order chi connectivity index (χ0) is 14.1. The minimum Gasteiger partial charge on any atom is -0.308 e. The molecule has 102 valence electrons. The second-order valence-electron chi connectivity index (χ2n) is 4.44. The number of aryl methyl sites for hydroxylation is 1. The Hall–Kier alpha value is -2.47. The van der Waals surface area contributed by atoms with Crippen LogP contribution in [-0.4, -0.2) is 14.6 Å². The van der Waals surface area contributed by atoms with Gasteiger partial charge in [-0.05, 0) is 30.7 Å². The summed E-state index contributed by atoms with van der Waals surface area (Å²) in [6.45, 7) is 2.02. The summed E-state index contributed by atoms with van der Waals surface area (Å²) in [6.07, 6.45) is 0.808. The lowest BCUT2D eigenvalue weighted by Gasteiger charge is -2.05. The number of halogens is 1.